The standard InChI is InChI=1S/C18H26N6O/c1-4-15-16(5-2)22-23-18(21-15)20-11-14-6-7-19-17(10-14)24-8-9-25-13(3)12-24/h6-7,10,13H,4-5,8-9,11-12H2,1-3H3,(H,20,21,23). The van der Waals surface area contributed by atoms with Crippen LogP contribution in [0.25, 0.3) is 0 Å². The fourth-order valence-corrected chi connectivity index (χ4v) is 2.96. The molecule has 1 atom stereocenters. The minimum absolute atomic E-state index is 0.237. The normalized spacial score (nSPS) is 17.6. The monoisotopic (exact) mass is 342 g/mol. The van der Waals surface area contributed by atoms with E-state index in [-0.39, 0.29) is 6.10 Å². The van der Waals surface area contributed by atoms with Gasteiger partial charge in [0.05, 0.1) is 24.1 Å². The summed E-state index contributed by atoms with van der Waals surface area (Å²) in [4.78, 5) is 11.3. The molecule has 3 heterocycles. The number of ether oxygens (including phenoxy) is 1. The lowest BCUT2D eigenvalue weighted by Crippen LogP contribution is -2.41. The number of anilines is 2. The topological polar surface area (TPSA) is 76.1 Å². The summed E-state index contributed by atoms with van der Waals surface area (Å²) >= 11 is 0. The highest BCUT2D eigenvalue weighted by Gasteiger charge is 2.18. The summed E-state index contributed by atoms with van der Waals surface area (Å²) < 4.78 is 5.60. The van der Waals surface area contributed by atoms with E-state index in [0.717, 1.165) is 55.3 Å². The molecule has 0 saturated carbocycles. The predicted molar refractivity (Wildman–Crippen MR) is 97.8 cm³/mol. The summed E-state index contributed by atoms with van der Waals surface area (Å²) in [7, 11) is 0. The molecule has 2 aromatic heterocycles. The number of nitrogens with zero attached hydrogens (tertiary/aromatic N) is 5. The lowest BCUT2D eigenvalue weighted by atomic mass is 10.2. The van der Waals surface area contributed by atoms with Gasteiger partial charge in [-0.25, -0.2) is 9.97 Å². The van der Waals surface area contributed by atoms with Crippen LogP contribution < -0.4 is 10.2 Å². The Bertz CT molecular complexity index is 708. The Morgan fingerprint density at radius 1 is 1.24 bits per heavy atom. The molecule has 0 radical (unpaired) electrons. The molecule has 25 heavy (non-hydrogen) atoms. The summed E-state index contributed by atoms with van der Waals surface area (Å²) in [6.07, 6.45) is 3.81. The molecule has 1 saturated heterocycles. The van der Waals surface area contributed by atoms with E-state index in [2.05, 4.69) is 57.2 Å². The summed E-state index contributed by atoms with van der Waals surface area (Å²) in [5, 5.41) is 11.7. The van der Waals surface area contributed by atoms with Crippen LogP contribution in [-0.4, -0.2) is 46.0 Å². The van der Waals surface area contributed by atoms with Gasteiger partial charge < -0.3 is 15.0 Å². The molecule has 7 heteroatoms. The Balaban J connectivity index is 1.66. The Labute approximate surface area is 148 Å². The van der Waals surface area contributed by atoms with Crippen LogP contribution in [0.2, 0.25) is 0 Å². The molecule has 3 rings (SSSR count). The van der Waals surface area contributed by atoms with E-state index < -0.39 is 0 Å². The highest BCUT2D eigenvalue weighted by Crippen LogP contribution is 2.17. The van der Waals surface area contributed by atoms with Crippen LogP contribution in [0, 0.1) is 0 Å². The van der Waals surface area contributed by atoms with Gasteiger partial charge in [-0.3, -0.25) is 0 Å². The molecule has 1 unspecified atom stereocenters. The number of pyridine rings is 1. The summed E-state index contributed by atoms with van der Waals surface area (Å²) in [5.74, 6) is 1.57. The van der Waals surface area contributed by atoms with Crippen LogP contribution in [0.5, 0.6) is 0 Å². The third kappa shape index (κ3) is 4.42. The zero-order valence-electron chi connectivity index (χ0n) is 15.2. The summed E-state index contributed by atoms with van der Waals surface area (Å²) in [5.41, 5.74) is 3.13. The lowest BCUT2D eigenvalue weighted by Gasteiger charge is -2.32. The Morgan fingerprint density at radius 3 is 2.84 bits per heavy atom. The largest absolute Gasteiger partial charge is 0.375 e. The van der Waals surface area contributed by atoms with Crippen molar-refractivity contribution in [3.05, 3.63) is 35.3 Å². The SMILES string of the molecule is CCc1nnc(NCc2ccnc(N3CCOC(C)C3)c2)nc1CC. The van der Waals surface area contributed by atoms with E-state index in [1.54, 1.807) is 0 Å². The van der Waals surface area contributed by atoms with Gasteiger partial charge in [-0.05, 0) is 37.5 Å². The van der Waals surface area contributed by atoms with Crippen molar-refractivity contribution in [1.82, 2.24) is 20.2 Å². The van der Waals surface area contributed by atoms with Crippen molar-refractivity contribution in [2.24, 2.45) is 0 Å². The van der Waals surface area contributed by atoms with Crippen molar-refractivity contribution in [2.45, 2.75) is 46.3 Å². The van der Waals surface area contributed by atoms with Crippen molar-refractivity contribution in [3.8, 4) is 0 Å². The number of nitrogens with one attached hydrogen (secondary N) is 1. The maximum absolute atomic E-state index is 5.60. The Hall–Kier alpha value is -2.28. The second-order valence-corrected chi connectivity index (χ2v) is 6.24. The highest BCUT2D eigenvalue weighted by atomic mass is 16.5. The maximum Gasteiger partial charge on any atom is 0.243 e. The minimum atomic E-state index is 0.237. The van der Waals surface area contributed by atoms with E-state index in [4.69, 9.17) is 4.74 Å². The predicted octanol–water partition coefficient (Wildman–Crippen LogP) is 2.23. The molecule has 1 fully saturated rings. The Kier molecular flexibility index (Phi) is 5.75. The third-order valence-electron chi connectivity index (χ3n) is 4.33. The van der Waals surface area contributed by atoms with E-state index in [0.29, 0.717) is 12.5 Å². The van der Waals surface area contributed by atoms with Gasteiger partial charge >= 0.3 is 0 Å². The first-order chi connectivity index (χ1) is 12.2. The molecule has 1 aliphatic rings. The first kappa shape index (κ1) is 17.5. The van der Waals surface area contributed by atoms with E-state index in [9.17, 15) is 0 Å². The van der Waals surface area contributed by atoms with Gasteiger partial charge in [0.25, 0.3) is 0 Å². The van der Waals surface area contributed by atoms with Crippen LogP contribution in [0.4, 0.5) is 11.8 Å². The molecule has 0 spiro atoms. The molecule has 0 aliphatic carbocycles. The smallest absolute Gasteiger partial charge is 0.243 e. The van der Waals surface area contributed by atoms with Crippen molar-refractivity contribution < 1.29 is 4.74 Å². The van der Waals surface area contributed by atoms with Crippen LogP contribution in [0.15, 0.2) is 18.3 Å². The van der Waals surface area contributed by atoms with Crippen molar-refractivity contribution in [3.63, 3.8) is 0 Å². The van der Waals surface area contributed by atoms with Gasteiger partial charge in [0, 0.05) is 25.8 Å². The second kappa shape index (κ2) is 8.20. The van der Waals surface area contributed by atoms with Gasteiger partial charge in [-0.1, -0.05) is 13.8 Å². The zero-order chi connectivity index (χ0) is 17.6. The first-order valence-electron chi connectivity index (χ1n) is 8.97. The molecular weight excluding hydrogens is 316 g/mol. The number of morpholine rings is 1. The van der Waals surface area contributed by atoms with Crippen LogP contribution in [-0.2, 0) is 24.1 Å². The molecular formula is C18H26N6O. The van der Waals surface area contributed by atoms with E-state index in [1.165, 1.54) is 0 Å². The molecule has 7 nitrogen and oxygen atoms in total. The van der Waals surface area contributed by atoms with Crippen molar-refractivity contribution >= 4 is 11.8 Å². The number of hydrogen-bond donors (Lipinski definition) is 1. The number of aromatic nitrogens is 4. The quantitative estimate of drug-likeness (QED) is 0.862. The lowest BCUT2D eigenvalue weighted by molar-refractivity contribution is 0.0529. The van der Waals surface area contributed by atoms with Crippen LogP contribution in [0.3, 0.4) is 0 Å². The molecule has 0 aromatic carbocycles. The fourth-order valence-electron chi connectivity index (χ4n) is 2.96. The van der Waals surface area contributed by atoms with Gasteiger partial charge in [0.1, 0.15) is 5.82 Å². The molecule has 1 N–H and O–H groups in total. The number of aryl methyl sites for hydroxylation is 2. The average molecular weight is 342 g/mol. The highest BCUT2D eigenvalue weighted by molar-refractivity contribution is 5.42. The van der Waals surface area contributed by atoms with Crippen LogP contribution >= 0.6 is 0 Å². The van der Waals surface area contributed by atoms with E-state index >= 15 is 0 Å². The molecule has 2 aromatic rings. The van der Waals surface area contributed by atoms with Gasteiger partial charge in [-0.15, -0.1) is 5.10 Å². The van der Waals surface area contributed by atoms with Gasteiger partial charge in [-0.2, -0.15) is 5.10 Å². The average Bonchev–Trinajstić information content (AvgIpc) is 2.66. The third-order valence-corrected chi connectivity index (χ3v) is 4.33. The van der Waals surface area contributed by atoms with Gasteiger partial charge in [0.2, 0.25) is 5.95 Å². The molecule has 0 bridgehead atoms. The van der Waals surface area contributed by atoms with Gasteiger partial charge in [0.15, 0.2) is 0 Å². The number of rotatable bonds is 6. The number of hydrogen-bond acceptors (Lipinski definition) is 7. The van der Waals surface area contributed by atoms with Crippen molar-refractivity contribution in [2.75, 3.05) is 29.9 Å². The Morgan fingerprint density at radius 2 is 2.08 bits per heavy atom. The minimum Gasteiger partial charge on any atom is -0.375 e. The molecule has 134 valence electrons. The first-order valence-corrected chi connectivity index (χ1v) is 8.97. The molecule has 1 aliphatic heterocycles. The second-order valence-electron chi connectivity index (χ2n) is 6.24. The molecule has 0 amide bonds. The maximum atomic E-state index is 5.60. The summed E-state index contributed by atoms with van der Waals surface area (Å²) in [6, 6.07) is 4.12. The van der Waals surface area contributed by atoms with Crippen molar-refractivity contribution in [1.29, 1.82) is 0 Å². The van der Waals surface area contributed by atoms with Crippen LogP contribution in [0.1, 0.15) is 37.7 Å². The fraction of sp³-hybridized carbons (Fsp3) is 0.556. The summed E-state index contributed by atoms with van der Waals surface area (Å²) in [6.45, 7) is 9.39. The van der Waals surface area contributed by atoms with E-state index in [1.807, 2.05) is 12.3 Å². The zero-order valence-corrected chi connectivity index (χ0v) is 15.2.